The maximum Gasteiger partial charge on any atom is 0.248 e. The fraction of sp³-hybridized carbons (Fsp3) is 0.593. The fourth-order valence-corrected chi connectivity index (χ4v) is 6.60. The molecule has 2 aliphatic heterocycles. The first kappa shape index (κ1) is 34.8. The van der Waals surface area contributed by atoms with E-state index >= 15 is 0 Å². The molecule has 2 aromatic rings. The number of anilines is 1. The van der Waals surface area contributed by atoms with E-state index in [-0.39, 0.29) is 48.6 Å². The molecule has 1 aromatic carbocycles. The Morgan fingerprint density at radius 1 is 1.12 bits per heavy atom. The first-order chi connectivity index (χ1) is 18.3. The molecule has 4 N–H and O–H groups in total. The quantitative estimate of drug-likeness (QED) is 0.349. The number of carbonyl (C=O) groups excluding carboxylic acids is 2. The molecule has 4 rings (SSSR count). The van der Waals surface area contributed by atoms with Gasteiger partial charge in [-0.3, -0.25) is 24.3 Å². The Morgan fingerprint density at radius 2 is 1.71 bits per heavy atom. The maximum atomic E-state index is 13.6. The molecule has 41 heavy (non-hydrogen) atoms. The Bertz CT molecular complexity index is 1310. The molecule has 0 saturated carbocycles. The minimum atomic E-state index is -3.40. The smallest absolute Gasteiger partial charge is 0.248 e. The van der Waals surface area contributed by atoms with Crippen LogP contribution in [0.5, 0.6) is 0 Å². The van der Waals surface area contributed by atoms with Crippen LogP contribution < -0.4 is 10.0 Å². The monoisotopic (exact) mass is 632 g/mol. The summed E-state index contributed by atoms with van der Waals surface area (Å²) in [5.41, 5.74) is 3.31. The van der Waals surface area contributed by atoms with E-state index in [1.165, 1.54) is 0 Å². The van der Waals surface area contributed by atoms with E-state index in [0.717, 1.165) is 28.8 Å². The summed E-state index contributed by atoms with van der Waals surface area (Å²) in [5.74, 6) is -0.620. The SMILES string of the molecule is CCN1C(=O)[C@@H]([C@H](O)C(C)C)NC(=O)C12CCN(C(c1ccc(NS(C)(=O)=O)cc1)c1c(C)n[nH]c1C)CC2.Cl.Cl. The zero-order chi connectivity index (χ0) is 28.7. The number of benzene rings is 1. The molecule has 2 aliphatic rings. The summed E-state index contributed by atoms with van der Waals surface area (Å²) >= 11 is 0. The molecule has 14 heteroatoms. The van der Waals surface area contributed by atoms with Crippen molar-refractivity contribution in [3.63, 3.8) is 0 Å². The first-order valence-corrected chi connectivity index (χ1v) is 15.3. The predicted octanol–water partition coefficient (Wildman–Crippen LogP) is 2.53. The summed E-state index contributed by atoms with van der Waals surface area (Å²) in [7, 11) is -3.40. The second kappa shape index (κ2) is 13.3. The lowest BCUT2D eigenvalue weighted by Crippen LogP contribution is -2.74. The Morgan fingerprint density at radius 3 is 2.17 bits per heavy atom. The number of likely N-dealkylation sites (N-methyl/N-ethyl adjacent to an activating group) is 1. The molecular weight excluding hydrogens is 591 g/mol. The van der Waals surface area contributed by atoms with E-state index in [4.69, 9.17) is 0 Å². The summed E-state index contributed by atoms with van der Waals surface area (Å²) in [4.78, 5) is 30.9. The van der Waals surface area contributed by atoms with E-state index in [1.54, 1.807) is 17.0 Å². The predicted molar refractivity (Wildman–Crippen MR) is 163 cm³/mol. The van der Waals surface area contributed by atoms with E-state index in [2.05, 4.69) is 25.1 Å². The van der Waals surface area contributed by atoms with Crippen molar-refractivity contribution >= 4 is 52.3 Å². The van der Waals surface area contributed by atoms with E-state index in [1.807, 2.05) is 46.8 Å². The number of aromatic nitrogens is 2. The number of carbonyl (C=O) groups is 2. The van der Waals surface area contributed by atoms with Crippen molar-refractivity contribution in [1.29, 1.82) is 0 Å². The molecule has 11 nitrogen and oxygen atoms in total. The first-order valence-electron chi connectivity index (χ1n) is 13.4. The maximum absolute atomic E-state index is 13.6. The van der Waals surface area contributed by atoms with Crippen molar-refractivity contribution < 1.29 is 23.1 Å². The van der Waals surface area contributed by atoms with Crippen LogP contribution in [-0.2, 0) is 19.6 Å². The highest BCUT2D eigenvalue weighted by Gasteiger charge is 2.55. The number of halogens is 2. The summed E-state index contributed by atoms with van der Waals surface area (Å²) < 4.78 is 25.9. The number of amides is 2. The van der Waals surface area contributed by atoms with Crippen molar-refractivity contribution in [3.8, 4) is 0 Å². The van der Waals surface area contributed by atoms with Gasteiger partial charge < -0.3 is 15.3 Å². The van der Waals surface area contributed by atoms with Crippen molar-refractivity contribution in [2.45, 2.75) is 71.2 Å². The molecule has 3 heterocycles. The Hall–Kier alpha value is -2.38. The van der Waals surface area contributed by atoms with Crippen LogP contribution in [0.2, 0.25) is 0 Å². The van der Waals surface area contributed by atoms with Gasteiger partial charge in [-0.15, -0.1) is 24.8 Å². The van der Waals surface area contributed by atoms with Crippen molar-refractivity contribution in [3.05, 3.63) is 46.8 Å². The highest BCUT2D eigenvalue weighted by Crippen LogP contribution is 2.40. The summed E-state index contributed by atoms with van der Waals surface area (Å²) in [6.45, 7) is 10.9. The van der Waals surface area contributed by atoms with Crippen LogP contribution in [0.15, 0.2) is 24.3 Å². The molecule has 0 bridgehead atoms. The molecular formula is C27H42Cl2N6O5S. The third kappa shape index (κ3) is 6.83. The Labute approximate surface area is 254 Å². The van der Waals surface area contributed by atoms with E-state index < -0.39 is 27.7 Å². The molecule has 230 valence electrons. The van der Waals surface area contributed by atoms with Crippen LogP contribution in [0.25, 0.3) is 0 Å². The number of aryl methyl sites for hydroxylation is 2. The highest BCUT2D eigenvalue weighted by atomic mass is 35.5. The number of hydrogen-bond donors (Lipinski definition) is 4. The minimum absolute atomic E-state index is 0. The Kier molecular flexibility index (Phi) is 11.3. The molecule has 1 aromatic heterocycles. The molecule has 2 fully saturated rings. The lowest BCUT2D eigenvalue weighted by Gasteiger charge is -2.53. The summed E-state index contributed by atoms with van der Waals surface area (Å²) in [6.07, 6.45) is 1.05. The number of piperazine rings is 1. The second-order valence-corrected chi connectivity index (χ2v) is 12.8. The normalized spacial score (nSPS) is 20.7. The van der Waals surface area contributed by atoms with Crippen LogP contribution in [0, 0.1) is 19.8 Å². The third-order valence-corrected chi connectivity index (χ3v) is 8.68. The topological polar surface area (TPSA) is 148 Å². The van der Waals surface area contributed by atoms with Gasteiger partial charge in [-0.25, -0.2) is 8.42 Å². The van der Waals surface area contributed by atoms with Crippen LogP contribution in [0.3, 0.4) is 0 Å². The van der Waals surface area contributed by atoms with Gasteiger partial charge in [0.05, 0.1) is 24.1 Å². The number of sulfonamides is 1. The van der Waals surface area contributed by atoms with Gasteiger partial charge in [0.25, 0.3) is 0 Å². The average Bonchev–Trinajstić information content (AvgIpc) is 3.20. The molecule has 1 spiro atoms. The molecule has 1 unspecified atom stereocenters. The average molecular weight is 634 g/mol. The lowest BCUT2D eigenvalue weighted by molar-refractivity contribution is -0.165. The molecule has 0 radical (unpaired) electrons. The fourth-order valence-electron chi connectivity index (χ4n) is 6.03. The van der Waals surface area contributed by atoms with Crippen LogP contribution in [-0.4, -0.2) is 88.9 Å². The molecule has 2 amide bonds. The van der Waals surface area contributed by atoms with Gasteiger partial charge in [0.2, 0.25) is 21.8 Å². The molecule has 3 atom stereocenters. The zero-order valence-electron chi connectivity index (χ0n) is 24.3. The number of hydrogen-bond acceptors (Lipinski definition) is 7. The van der Waals surface area contributed by atoms with Gasteiger partial charge >= 0.3 is 0 Å². The van der Waals surface area contributed by atoms with Gasteiger partial charge in [0, 0.05) is 36.6 Å². The van der Waals surface area contributed by atoms with Crippen molar-refractivity contribution in [1.82, 2.24) is 25.3 Å². The van der Waals surface area contributed by atoms with E-state index in [9.17, 15) is 23.1 Å². The molecule has 0 aliphatic carbocycles. The van der Waals surface area contributed by atoms with Gasteiger partial charge in [0.1, 0.15) is 11.6 Å². The van der Waals surface area contributed by atoms with Crippen LogP contribution in [0.4, 0.5) is 5.69 Å². The van der Waals surface area contributed by atoms with Gasteiger partial charge in [-0.05, 0) is 57.2 Å². The van der Waals surface area contributed by atoms with Gasteiger partial charge in [0.15, 0.2) is 0 Å². The van der Waals surface area contributed by atoms with Crippen molar-refractivity contribution in [2.24, 2.45) is 5.92 Å². The van der Waals surface area contributed by atoms with Gasteiger partial charge in [-0.2, -0.15) is 5.10 Å². The minimum Gasteiger partial charge on any atom is -0.390 e. The standard InChI is InChI=1S/C27H40N6O5S.2ClH/c1-7-33-25(35)22(24(34)16(2)3)28-26(36)27(33)12-14-32(15-13-27)23(21-17(4)29-30-18(21)5)19-8-10-20(11-9-19)31-39(6,37)38;;/h8-11,16,22-24,31,34H,7,12-15H2,1-6H3,(H,28,36)(H,29,30);2*1H/t22-,23?,24-;;/m1../s1. The number of piperidine rings is 1. The number of aliphatic hydroxyl groups excluding tert-OH is 1. The number of aromatic amines is 1. The Balaban J connectivity index is 0.00000294. The van der Waals surface area contributed by atoms with Crippen LogP contribution >= 0.6 is 24.8 Å². The highest BCUT2D eigenvalue weighted by molar-refractivity contribution is 7.92. The number of nitrogens with one attached hydrogen (secondary N) is 3. The summed E-state index contributed by atoms with van der Waals surface area (Å²) in [6, 6.07) is 6.17. The second-order valence-electron chi connectivity index (χ2n) is 11.1. The largest absolute Gasteiger partial charge is 0.390 e. The number of rotatable bonds is 8. The van der Waals surface area contributed by atoms with Crippen molar-refractivity contribution in [2.75, 3.05) is 30.6 Å². The number of H-pyrrole nitrogens is 1. The van der Waals surface area contributed by atoms with E-state index in [0.29, 0.717) is 38.2 Å². The zero-order valence-corrected chi connectivity index (χ0v) is 26.8. The lowest BCUT2D eigenvalue weighted by atomic mass is 9.79. The number of likely N-dealkylation sites (tertiary alicyclic amines) is 1. The third-order valence-electron chi connectivity index (χ3n) is 8.08. The number of aliphatic hydroxyl groups is 1. The van der Waals surface area contributed by atoms with Gasteiger partial charge in [-0.1, -0.05) is 26.0 Å². The molecule has 2 saturated heterocycles. The van der Waals surface area contributed by atoms with Crippen LogP contribution in [0.1, 0.15) is 62.2 Å². The summed E-state index contributed by atoms with van der Waals surface area (Å²) in [5, 5.41) is 20.9. The number of nitrogens with zero attached hydrogens (tertiary/aromatic N) is 3.